The van der Waals surface area contributed by atoms with Crippen molar-refractivity contribution in [2.75, 3.05) is 38.2 Å². The summed E-state index contributed by atoms with van der Waals surface area (Å²) >= 11 is 1.45. The van der Waals surface area contributed by atoms with Crippen LogP contribution in [0.3, 0.4) is 0 Å². The summed E-state index contributed by atoms with van der Waals surface area (Å²) in [6, 6.07) is 0. The molecule has 5 nitrogen and oxygen atoms in total. The summed E-state index contributed by atoms with van der Waals surface area (Å²) < 4.78 is 9.20. The molecule has 1 aromatic rings. The van der Waals surface area contributed by atoms with E-state index in [0.717, 1.165) is 37.1 Å². The third-order valence-electron chi connectivity index (χ3n) is 2.12. The van der Waals surface area contributed by atoms with Crippen molar-refractivity contribution >= 4 is 16.7 Å². The summed E-state index contributed by atoms with van der Waals surface area (Å²) in [5.74, 6) is 0.783. The van der Waals surface area contributed by atoms with Gasteiger partial charge in [0, 0.05) is 44.8 Å². The normalized spacial score (nSPS) is 17.4. The minimum Gasteiger partial charge on any atom is -0.377 e. The summed E-state index contributed by atoms with van der Waals surface area (Å²) in [6.07, 6.45) is 0. The number of anilines is 1. The SMILES string of the molecule is COCc1nsc(N2CCNCC2)n1. The third kappa shape index (κ3) is 2.20. The van der Waals surface area contributed by atoms with Crippen LogP contribution < -0.4 is 10.2 Å². The van der Waals surface area contributed by atoms with Gasteiger partial charge in [-0.05, 0) is 0 Å². The Labute approximate surface area is 87.3 Å². The summed E-state index contributed by atoms with van der Waals surface area (Å²) in [6.45, 7) is 4.59. The number of aromatic nitrogens is 2. The van der Waals surface area contributed by atoms with Gasteiger partial charge < -0.3 is 15.0 Å². The molecule has 0 aromatic carbocycles. The average molecular weight is 214 g/mol. The first-order valence-electron chi connectivity index (χ1n) is 4.67. The van der Waals surface area contributed by atoms with Gasteiger partial charge in [0.05, 0.1) is 0 Å². The minimum atomic E-state index is 0.503. The Hall–Kier alpha value is -0.720. The van der Waals surface area contributed by atoms with Crippen LogP contribution in [0.4, 0.5) is 5.13 Å². The van der Waals surface area contributed by atoms with Crippen molar-refractivity contribution in [1.82, 2.24) is 14.7 Å². The molecule has 1 N–H and O–H groups in total. The van der Waals surface area contributed by atoms with Gasteiger partial charge in [0.15, 0.2) is 5.82 Å². The van der Waals surface area contributed by atoms with Gasteiger partial charge in [-0.15, -0.1) is 0 Å². The monoisotopic (exact) mass is 214 g/mol. The maximum Gasteiger partial charge on any atom is 0.205 e. The predicted octanol–water partition coefficient (Wildman–Crippen LogP) is 0.0941. The first-order valence-corrected chi connectivity index (χ1v) is 5.44. The highest BCUT2D eigenvalue weighted by Gasteiger charge is 2.14. The van der Waals surface area contributed by atoms with Crippen molar-refractivity contribution in [3.63, 3.8) is 0 Å². The fourth-order valence-corrected chi connectivity index (χ4v) is 2.14. The van der Waals surface area contributed by atoms with Gasteiger partial charge in [-0.3, -0.25) is 0 Å². The number of piperazine rings is 1. The Morgan fingerprint density at radius 2 is 2.29 bits per heavy atom. The number of nitrogens with one attached hydrogen (secondary N) is 1. The molecule has 0 spiro atoms. The van der Waals surface area contributed by atoms with E-state index in [1.165, 1.54) is 11.5 Å². The van der Waals surface area contributed by atoms with Crippen molar-refractivity contribution < 1.29 is 4.74 Å². The number of nitrogens with zero attached hydrogens (tertiary/aromatic N) is 3. The molecule has 1 aliphatic rings. The van der Waals surface area contributed by atoms with Crippen LogP contribution in [0.15, 0.2) is 0 Å². The Balaban J connectivity index is 2.00. The van der Waals surface area contributed by atoms with Gasteiger partial charge in [0.25, 0.3) is 0 Å². The molecule has 1 saturated heterocycles. The molecule has 0 radical (unpaired) electrons. The van der Waals surface area contributed by atoms with E-state index in [9.17, 15) is 0 Å². The van der Waals surface area contributed by atoms with Crippen molar-refractivity contribution in [2.24, 2.45) is 0 Å². The minimum absolute atomic E-state index is 0.503. The number of methoxy groups -OCH3 is 1. The van der Waals surface area contributed by atoms with Crippen molar-refractivity contribution in [3.8, 4) is 0 Å². The Morgan fingerprint density at radius 3 is 3.00 bits per heavy atom. The zero-order valence-corrected chi connectivity index (χ0v) is 9.01. The standard InChI is InChI=1S/C8H14N4OS/c1-13-6-7-10-8(14-11-7)12-4-2-9-3-5-12/h9H,2-6H2,1H3. The van der Waals surface area contributed by atoms with E-state index in [1.807, 2.05) is 0 Å². The zero-order valence-electron chi connectivity index (χ0n) is 8.19. The molecule has 6 heteroatoms. The van der Waals surface area contributed by atoms with E-state index in [-0.39, 0.29) is 0 Å². The summed E-state index contributed by atoms with van der Waals surface area (Å²) in [4.78, 5) is 6.66. The summed E-state index contributed by atoms with van der Waals surface area (Å²) in [7, 11) is 1.66. The van der Waals surface area contributed by atoms with Crippen LogP contribution in [0, 0.1) is 0 Å². The molecule has 78 valence electrons. The highest BCUT2D eigenvalue weighted by molar-refractivity contribution is 7.09. The lowest BCUT2D eigenvalue weighted by Gasteiger charge is -2.26. The zero-order chi connectivity index (χ0) is 9.80. The molecule has 0 atom stereocenters. The fourth-order valence-electron chi connectivity index (χ4n) is 1.42. The molecule has 0 unspecified atom stereocenters. The Morgan fingerprint density at radius 1 is 1.50 bits per heavy atom. The first-order chi connectivity index (χ1) is 6.90. The predicted molar refractivity (Wildman–Crippen MR) is 55.7 cm³/mol. The third-order valence-corrected chi connectivity index (χ3v) is 2.93. The highest BCUT2D eigenvalue weighted by Crippen LogP contribution is 2.17. The quantitative estimate of drug-likeness (QED) is 0.773. The van der Waals surface area contributed by atoms with Gasteiger partial charge in [-0.25, -0.2) is 4.98 Å². The van der Waals surface area contributed by atoms with Gasteiger partial charge in [0.1, 0.15) is 6.61 Å². The van der Waals surface area contributed by atoms with E-state index in [4.69, 9.17) is 4.74 Å². The van der Waals surface area contributed by atoms with Gasteiger partial charge >= 0.3 is 0 Å². The Kier molecular flexibility index (Phi) is 3.28. The Bertz CT molecular complexity index is 285. The van der Waals surface area contributed by atoms with E-state index in [2.05, 4.69) is 19.6 Å². The molecule has 14 heavy (non-hydrogen) atoms. The number of rotatable bonds is 3. The molecular weight excluding hydrogens is 200 g/mol. The van der Waals surface area contributed by atoms with Gasteiger partial charge in [-0.1, -0.05) is 0 Å². The molecule has 1 aliphatic heterocycles. The van der Waals surface area contributed by atoms with E-state index < -0.39 is 0 Å². The van der Waals surface area contributed by atoms with Crippen molar-refractivity contribution in [1.29, 1.82) is 0 Å². The van der Waals surface area contributed by atoms with Crippen LogP contribution in [0.1, 0.15) is 5.82 Å². The average Bonchev–Trinajstić information content (AvgIpc) is 2.68. The largest absolute Gasteiger partial charge is 0.377 e. The second-order valence-electron chi connectivity index (χ2n) is 3.16. The molecular formula is C8H14N4OS. The lowest BCUT2D eigenvalue weighted by Crippen LogP contribution is -2.43. The molecule has 0 saturated carbocycles. The van der Waals surface area contributed by atoms with Gasteiger partial charge in [-0.2, -0.15) is 4.37 Å². The maximum atomic E-state index is 4.98. The lowest BCUT2D eigenvalue weighted by molar-refractivity contribution is 0.179. The topological polar surface area (TPSA) is 50.3 Å². The van der Waals surface area contributed by atoms with Crippen LogP contribution in [0.25, 0.3) is 0 Å². The van der Waals surface area contributed by atoms with E-state index in [0.29, 0.717) is 6.61 Å². The first kappa shape index (κ1) is 9.82. The summed E-state index contributed by atoms with van der Waals surface area (Å²) in [5.41, 5.74) is 0. The molecule has 0 amide bonds. The van der Waals surface area contributed by atoms with Crippen LogP contribution >= 0.6 is 11.5 Å². The molecule has 2 rings (SSSR count). The van der Waals surface area contributed by atoms with Crippen LogP contribution in [0.5, 0.6) is 0 Å². The molecule has 0 bridgehead atoms. The fraction of sp³-hybridized carbons (Fsp3) is 0.750. The number of hydrogen-bond donors (Lipinski definition) is 1. The molecule has 2 heterocycles. The van der Waals surface area contributed by atoms with E-state index >= 15 is 0 Å². The lowest BCUT2D eigenvalue weighted by atomic mass is 10.4. The molecule has 1 aromatic heterocycles. The summed E-state index contributed by atoms with van der Waals surface area (Å²) in [5, 5.41) is 4.32. The van der Waals surface area contributed by atoms with Gasteiger partial charge in [0.2, 0.25) is 5.13 Å². The van der Waals surface area contributed by atoms with Crippen LogP contribution in [-0.2, 0) is 11.3 Å². The highest BCUT2D eigenvalue weighted by atomic mass is 32.1. The van der Waals surface area contributed by atoms with Crippen LogP contribution in [-0.4, -0.2) is 42.6 Å². The number of hydrogen-bond acceptors (Lipinski definition) is 6. The second kappa shape index (κ2) is 4.68. The molecule has 1 fully saturated rings. The van der Waals surface area contributed by atoms with Crippen LogP contribution in [0.2, 0.25) is 0 Å². The number of ether oxygens (including phenoxy) is 1. The molecule has 0 aliphatic carbocycles. The maximum absolute atomic E-state index is 4.98. The van der Waals surface area contributed by atoms with E-state index in [1.54, 1.807) is 7.11 Å². The smallest absolute Gasteiger partial charge is 0.205 e. The van der Waals surface area contributed by atoms with Crippen molar-refractivity contribution in [2.45, 2.75) is 6.61 Å². The van der Waals surface area contributed by atoms with Crippen molar-refractivity contribution in [3.05, 3.63) is 5.82 Å². The second-order valence-corrected chi connectivity index (χ2v) is 3.89.